The van der Waals surface area contributed by atoms with Crippen molar-refractivity contribution in [1.82, 2.24) is 10.2 Å². The molecule has 0 aromatic heterocycles. The van der Waals surface area contributed by atoms with Gasteiger partial charge >= 0.3 is 0 Å². The molecule has 0 fully saturated rings. The molecule has 108 valence electrons. The summed E-state index contributed by atoms with van der Waals surface area (Å²) >= 11 is 0. The highest BCUT2D eigenvalue weighted by Crippen LogP contribution is 2.26. The van der Waals surface area contributed by atoms with Crippen LogP contribution in [0.25, 0.3) is 0 Å². The van der Waals surface area contributed by atoms with E-state index in [2.05, 4.69) is 56.1 Å². The van der Waals surface area contributed by atoms with Crippen molar-refractivity contribution in [3.05, 3.63) is 29.3 Å². The van der Waals surface area contributed by atoms with Crippen molar-refractivity contribution in [2.45, 2.75) is 33.7 Å². The Morgan fingerprint density at radius 3 is 2.53 bits per heavy atom. The summed E-state index contributed by atoms with van der Waals surface area (Å²) in [5.74, 6) is 1.01. The second-order valence-electron chi connectivity index (χ2n) is 4.93. The lowest BCUT2D eigenvalue weighted by Crippen LogP contribution is -2.28. The molecule has 1 N–H and O–H groups in total. The normalized spacial score (nSPS) is 12.7. The van der Waals surface area contributed by atoms with E-state index in [-0.39, 0.29) is 0 Å². The molecule has 19 heavy (non-hydrogen) atoms. The van der Waals surface area contributed by atoms with Crippen LogP contribution in [0.2, 0.25) is 0 Å². The highest BCUT2D eigenvalue weighted by Gasteiger charge is 2.10. The fourth-order valence-electron chi connectivity index (χ4n) is 2.10. The first-order valence-electron chi connectivity index (χ1n) is 7.25. The lowest BCUT2D eigenvalue weighted by molar-refractivity contribution is 0.221. The molecule has 1 unspecified atom stereocenters. The minimum Gasteiger partial charge on any atom is -0.492 e. The topological polar surface area (TPSA) is 24.5 Å². The van der Waals surface area contributed by atoms with Crippen molar-refractivity contribution >= 4 is 0 Å². The third-order valence-corrected chi connectivity index (χ3v) is 3.63. The highest BCUT2D eigenvalue weighted by molar-refractivity contribution is 5.39. The van der Waals surface area contributed by atoms with E-state index in [9.17, 15) is 0 Å². The van der Waals surface area contributed by atoms with Crippen molar-refractivity contribution in [1.29, 1.82) is 0 Å². The van der Waals surface area contributed by atoms with Crippen molar-refractivity contribution in [2.75, 3.05) is 33.3 Å². The molecule has 0 saturated carbocycles. The lowest BCUT2D eigenvalue weighted by Gasteiger charge is -2.20. The van der Waals surface area contributed by atoms with Crippen LogP contribution in [-0.2, 0) is 0 Å². The molecule has 1 aromatic carbocycles. The fraction of sp³-hybridized carbons (Fsp3) is 0.625. The molecule has 0 aliphatic carbocycles. The number of hydrogen-bond donors (Lipinski definition) is 1. The summed E-state index contributed by atoms with van der Waals surface area (Å²) < 4.78 is 5.99. The van der Waals surface area contributed by atoms with Gasteiger partial charge < -0.3 is 15.0 Å². The highest BCUT2D eigenvalue weighted by atomic mass is 16.5. The summed E-state index contributed by atoms with van der Waals surface area (Å²) in [6.45, 7) is 12.5. The summed E-state index contributed by atoms with van der Waals surface area (Å²) in [6, 6.07) is 6.73. The van der Waals surface area contributed by atoms with Crippen molar-refractivity contribution in [2.24, 2.45) is 0 Å². The average Bonchev–Trinajstić information content (AvgIpc) is 2.43. The van der Waals surface area contributed by atoms with Crippen LogP contribution >= 0.6 is 0 Å². The standard InChI is InChI=1S/C16H28N2O/c1-6-18(7-2)10-11-19-16-12-13(3)8-9-15(16)14(4)17-5/h8-9,12,14,17H,6-7,10-11H2,1-5H3. The number of rotatable bonds is 8. The number of benzene rings is 1. The van der Waals surface area contributed by atoms with E-state index >= 15 is 0 Å². The van der Waals surface area contributed by atoms with Gasteiger partial charge in [-0.15, -0.1) is 0 Å². The molecule has 1 rings (SSSR count). The van der Waals surface area contributed by atoms with Crippen LogP contribution in [0, 0.1) is 6.92 Å². The summed E-state index contributed by atoms with van der Waals surface area (Å²) in [7, 11) is 1.98. The summed E-state index contributed by atoms with van der Waals surface area (Å²) in [6.07, 6.45) is 0. The molecule has 0 heterocycles. The molecule has 0 bridgehead atoms. The Balaban J connectivity index is 2.68. The Bertz CT molecular complexity index is 375. The van der Waals surface area contributed by atoms with Crippen molar-refractivity contribution < 1.29 is 4.74 Å². The largest absolute Gasteiger partial charge is 0.492 e. The van der Waals surface area contributed by atoms with Gasteiger partial charge in [-0.1, -0.05) is 26.0 Å². The van der Waals surface area contributed by atoms with E-state index < -0.39 is 0 Å². The number of aryl methyl sites for hydroxylation is 1. The zero-order valence-corrected chi connectivity index (χ0v) is 13.0. The SMILES string of the molecule is CCN(CC)CCOc1cc(C)ccc1C(C)NC. The number of nitrogens with zero attached hydrogens (tertiary/aromatic N) is 1. The van der Waals surface area contributed by atoms with Gasteiger partial charge in [0.2, 0.25) is 0 Å². The molecule has 1 atom stereocenters. The Hall–Kier alpha value is -1.06. The monoisotopic (exact) mass is 264 g/mol. The van der Waals surface area contributed by atoms with Gasteiger partial charge in [0.15, 0.2) is 0 Å². The Morgan fingerprint density at radius 1 is 1.26 bits per heavy atom. The fourth-order valence-corrected chi connectivity index (χ4v) is 2.10. The number of ether oxygens (including phenoxy) is 1. The van der Waals surface area contributed by atoms with Crippen molar-refractivity contribution in [3.8, 4) is 5.75 Å². The zero-order chi connectivity index (χ0) is 14.3. The first kappa shape index (κ1) is 16.0. The predicted molar refractivity (Wildman–Crippen MR) is 81.9 cm³/mol. The molecule has 3 nitrogen and oxygen atoms in total. The summed E-state index contributed by atoms with van der Waals surface area (Å²) in [5.41, 5.74) is 2.47. The van der Waals surface area contributed by atoms with Gasteiger partial charge in [0.25, 0.3) is 0 Å². The van der Waals surface area contributed by atoms with Gasteiger partial charge in [0.05, 0.1) is 0 Å². The van der Waals surface area contributed by atoms with Crippen LogP contribution in [0.15, 0.2) is 18.2 Å². The third-order valence-electron chi connectivity index (χ3n) is 3.63. The van der Waals surface area contributed by atoms with E-state index in [4.69, 9.17) is 4.74 Å². The second kappa shape index (κ2) is 8.18. The van der Waals surface area contributed by atoms with Gasteiger partial charge in [-0.2, -0.15) is 0 Å². The molecule has 0 saturated heterocycles. The van der Waals surface area contributed by atoms with E-state index in [0.717, 1.165) is 32.0 Å². The first-order valence-corrected chi connectivity index (χ1v) is 7.25. The molecule has 0 spiro atoms. The molecular formula is C16H28N2O. The van der Waals surface area contributed by atoms with Crippen LogP contribution < -0.4 is 10.1 Å². The second-order valence-corrected chi connectivity index (χ2v) is 4.93. The molecule has 0 aliphatic heterocycles. The molecule has 0 amide bonds. The van der Waals surface area contributed by atoms with Crippen LogP contribution in [0.4, 0.5) is 0 Å². The quantitative estimate of drug-likeness (QED) is 0.781. The lowest BCUT2D eigenvalue weighted by atomic mass is 10.1. The van der Waals surface area contributed by atoms with Crippen LogP contribution in [0.1, 0.15) is 37.9 Å². The maximum Gasteiger partial charge on any atom is 0.124 e. The van der Waals surface area contributed by atoms with E-state index in [1.54, 1.807) is 0 Å². The van der Waals surface area contributed by atoms with E-state index in [0.29, 0.717) is 6.04 Å². The van der Waals surface area contributed by atoms with Gasteiger partial charge in [-0.3, -0.25) is 0 Å². The van der Waals surface area contributed by atoms with Gasteiger partial charge in [-0.05, 0) is 45.6 Å². The van der Waals surface area contributed by atoms with Crippen LogP contribution in [0.3, 0.4) is 0 Å². The Kier molecular flexibility index (Phi) is 6.89. The van der Waals surface area contributed by atoms with Gasteiger partial charge in [-0.25, -0.2) is 0 Å². The maximum atomic E-state index is 5.99. The first-order chi connectivity index (χ1) is 9.12. The minimum atomic E-state index is 0.309. The zero-order valence-electron chi connectivity index (χ0n) is 13.0. The molecule has 3 heteroatoms. The summed E-state index contributed by atoms with van der Waals surface area (Å²) in [5, 5.41) is 3.27. The number of hydrogen-bond acceptors (Lipinski definition) is 3. The molecule has 0 radical (unpaired) electrons. The average molecular weight is 264 g/mol. The molecule has 1 aromatic rings. The van der Waals surface area contributed by atoms with E-state index in [1.807, 2.05) is 7.05 Å². The summed E-state index contributed by atoms with van der Waals surface area (Å²) in [4.78, 5) is 2.37. The van der Waals surface area contributed by atoms with Crippen LogP contribution in [0.5, 0.6) is 5.75 Å². The van der Waals surface area contributed by atoms with Crippen molar-refractivity contribution in [3.63, 3.8) is 0 Å². The smallest absolute Gasteiger partial charge is 0.124 e. The Labute approximate surface area is 118 Å². The number of nitrogens with one attached hydrogen (secondary N) is 1. The van der Waals surface area contributed by atoms with E-state index in [1.165, 1.54) is 11.1 Å². The minimum absolute atomic E-state index is 0.309. The Morgan fingerprint density at radius 2 is 1.95 bits per heavy atom. The predicted octanol–water partition coefficient (Wildman–Crippen LogP) is 3.00. The van der Waals surface area contributed by atoms with Crippen LogP contribution in [-0.4, -0.2) is 38.2 Å². The van der Waals surface area contributed by atoms with Gasteiger partial charge in [0, 0.05) is 18.2 Å². The molecule has 0 aliphatic rings. The molecular weight excluding hydrogens is 236 g/mol. The third kappa shape index (κ3) is 4.84. The number of likely N-dealkylation sites (N-methyl/N-ethyl adjacent to an activating group) is 1. The van der Waals surface area contributed by atoms with Gasteiger partial charge in [0.1, 0.15) is 12.4 Å². The maximum absolute atomic E-state index is 5.99.